The number of nitrogens with one attached hydrogen (secondary N) is 1. The van der Waals surface area contributed by atoms with E-state index < -0.39 is 0 Å². The second-order valence-electron chi connectivity index (χ2n) is 4.35. The molecule has 1 unspecified atom stereocenters. The maximum absolute atomic E-state index is 12.0. The van der Waals surface area contributed by atoms with E-state index in [0.29, 0.717) is 30.8 Å². The van der Waals surface area contributed by atoms with Crippen molar-refractivity contribution in [3.8, 4) is 5.82 Å². The van der Waals surface area contributed by atoms with E-state index in [4.69, 9.17) is 0 Å². The largest absolute Gasteiger partial charge is 0.393 e. The molecule has 7 nitrogen and oxygen atoms in total. The van der Waals surface area contributed by atoms with Gasteiger partial charge >= 0.3 is 0 Å². The number of aromatic nitrogens is 4. The van der Waals surface area contributed by atoms with Crippen LogP contribution in [0.2, 0.25) is 0 Å². The van der Waals surface area contributed by atoms with Crippen LogP contribution in [0.25, 0.3) is 5.82 Å². The van der Waals surface area contributed by atoms with Gasteiger partial charge in [-0.1, -0.05) is 6.92 Å². The van der Waals surface area contributed by atoms with Crippen LogP contribution in [0.15, 0.2) is 31.0 Å². The molecule has 0 saturated heterocycles. The van der Waals surface area contributed by atoms with Crippen molar-refractivity contribution < 1.29 is 9.90 Å². The fourth-order valence-corrected chi connectivity index (χ4v) is 1.67. The second kappa shape index (κ2) is 6.76. The van der Waals surface area contributed by atoms with Gasteiger partial charge in [0.1, 0.15) is 12.7 Å². The minimum atomic E-state index is -0.376. The molecule has 0 saturated carbocycles. The number of hydrogen-bond donors (Lipinski definition) is 2. The molecule has 20 heavy (non-hydrogen) atoms. The number of amides is 1. The minimum absolute atomic E-state index is 0.197. The van der Waals surface area contributed by atoms with Crippen molar-refractivity contribution in [3.63, 3.8) is 0 Å². The van der Waals surface area contributed by atoms with Gasteiger partial charge in [0.2, 0.25) is 0 Å². The molecule has 2 heterocycles. The molecular formula is C13H17N5O2. The molecule has 0 spiro atoms. The summed E-state index contributed by atoms with van der Waals surface area (Å²) < 4.78 is 1.48. The highest BCUT2D eigenvalue weighted by Gasteiger charge is 2.08. The number of nitrogens with zero attached hydrogens (tertiary/aromatic N) is 4. The fraction of sp³-hybridized carbons (Fsp3) is 0.385. The predicted octanol–water partition coefficient (Wildman–Crippen LogP) is 0.553. The lowest BCUT2D eigenvalue weighted by Crippen LogP contribution is -2.27. The van der Waals surface area contributed by atoms with E-state index in [1.165, 1.54) is 17.3 Å². The highest BCUT2D eigenvalue weighted by Crippen LogP contribution is 2.05. The van der Waals surface area contributed by atoms with Crippen LogP contribution in [-0.2, 0) is 0 Å². The number of rotatable bonds is 6. The molecule has 2 aromatic heterocycles. The number of pyridine rings is 1. The van der Waals surface area contributed by atoms with Gasteiger partial charge in [0.25, 0.3) is 5.91 Å². The van der Waals surface area contributed by atoms with Crippen molar-refractivity contribution in [1.82, 2.24) is 25.1 Å². The summed E-state index contributed by atoms with van der Waals surface area (Å²) in [5.41, 5.74) is 0.497. The van der Waals surface area contributed by atoms with Crippen molar-refractivity contribution in [1.29, 1.82) is 0 Å². The van der Waals surface area contributed by atoms with Gasteiger partial charge in [0.05, 0.1) is 6.10 Å². The molecule has 0 radical (unpaired) electrons. The van der Waals surface area contributed by atoms with E-state index in [0.717, 1.165) is 0 Å². The highest BCUT2D eigenvalue weighted by atomic mass is 16.3. The first-order valence-corrected chi connectivity index (χ1v) is 6.48. The zero-order chi connectivity index (χ0) is 14.4. The Bertz CT molecular complexity index is 556. The van der Waals surface area contributed by atoms with Gasteiger partial charge in [-0.15, -0.1) is 0 Å². The molecule has 0 aliphatic carbocycles. The summed E-state index contributed by atoms with van der Waals surface area (Å²) in [4.78, 5) is 19.9. The molecule has 1 atom stereocenters. The predicted molar refractivity (Wildman–Crippen MR) is 72.4 cm³/mol. The van der Waals surface area contributed by atoms with E-state index in [1.807, 2.05) is 6.92 Å². The van der Waals surface area contributed by atoms with Crippen LogP contribution in [0.4, 0.5) is 0 Å². The third-order valence-corrected chi connectivity index (χ3v) is 2.90. The Hall–Kier alpha value is -2.28. The third-order valence-electron chi connectivity index (χ3n) is 2.90. The van der Waals surface area contributed by atoms with Crippen molar-refractivity contribution in [3.05, 3.63) is 36.5 Å². The van der Waals surface area contributed by atoms with Gasteiger partial charge in [-0.25, -0.2) is 14.6 Å². The Kier molecular flexibility index (Phi) is 4.78. The zero-order valence-corrected chi connectivity index (χ0v) is 11.2. The third kappa shape index (κ3) is 3.61. The summed E-state index contributed by atoms with van der Waals surface area (Å²) in [5.74, 6) is 0.334. The summed E-state index contributed by atoms with van der Waals surface area (Å²) >= 11 is 0. The van der Waals surface area contributed by atoms with Crippen LogP contribution in [0.5, 0.6) is 0 Å². The number of carbonyl (C=O) groups excluding carboxylic acids is 1. The SMILES string of the molecule is CCC(O)CCNC(=O)c1ccnc(-n2cncn2)c1. The lowest BCUT2D eigenvalue weighted by atomic mass is 10.2. The normalized spacial score (nSPS) is 12.1. The Morgan fingerprint density at radius 3 is 3.10 bits per heavy atom. The number of hydrogen-bond acceptors (Lipinski definition) is 5. The van der Waals surface area contributed by atoms with E-state index in [2.05, 4.69) is 20.4 Å². The van der Waals surface area contributed by atoms with E-state index in [1.54, 1.807) is 18.3 Å². The van der Waals surface area contributed by atoms with Gasteiger partial charge in [0, 0.05) is 18.3 Å². The van der Waals surface area contributed by atoms with E-state index in [-0.39, 0.29) is 12.0 Å². The molecule has 2 aromatic rings. The average molecular weight is 275 g/mol. The molecule has 1 amide bonds. The van der Waals surface area contributed by atoms with Gasteiger partial charge in [-0.05, 0) is 25.0 Å². The van der Waals surface area contributed by atoms with Crippen LogP contribution in [0.1, 0.15) is 30.1 Å². The fourth-order valence-electron chi connectivity index (χ4n) is 1.67. The Balaban J connectivity index is 1.98. The first kappa shape index (κ1) is 14.1. The molecule has 106 valence electrons. The van der Waals surface area contributed by atoms with E-state index >= 15 is 0 Å². The summed E-state index contributed by atoms with van der Waals surface area (Å²) in [6.45, 7) is 2.34. The van der Waals surface area contributed by atoms with Crippen LogP contribution >= 0.6 is 0 Å². The van der Waals surface area contributed by atoms with Gasteiger partial charge in [0.15, 0.2) is 5.82 Å². The molecule has 0 aromatic carbocycles. The van der Waals surface area contributed by atoms with Crippen LogP contribution in [0.3, 0.4) is 0 Å². The minimum Gasteiger partial charge on any atom is -0.393 e. The average Bonchev–Trinajstić information content (AvgIpc) is 3.01. The van der Waals surface area contributed by atoms with Gasteiger partial charge in [-0.3, -0.25) is 4.79 Å². The maximum atomic E-state index is 12.0. The van der Waals surface area contributed by atoms with E-state index in [9.17, 15) is 9.90 Å². The quantitative estimate of drug-likeness (QED) is 0.803. The topological polar surface area (TPSA) is 92.9 Å². The molecule has 0 bridgehead atoms. The first-order chi connectivity index (χ1) is 9.70. The standard InChI is InChI=1S/C13H17N5O2/c1-2-11(19)4-6-16-13(20)10-3-5-15-12(7-10)18-9-14-8-17-18/h3,5,7-9,11,19H,2,4,6H2,1H3,(H,16,20). The van der Waals surface area contributed by atoms with Gasteiger partial charge < -0.3 is 10.4 Å². The van der Waals surface area contributed by atoms with Crippen molar-refractivity contribution >= 4 is 5.91 Å². The van der Waals surface area contributed by atoms with Crippen LogP contribution in [-0.4, -0.2) is 43.4 Å². The number of aliphatic hydroxyl groups excluding tert-OH is 1. The van der Waals surface area contributed by atoms with Crippen molar-refractivity contribution in [2.75, 3.05) is 6.54 Å². The lowest BCUT2D eigenvalue weighted by molar-refractivity contribution is 0.0942. The zero-order valence-electron chi connectivity index (χ0n) is 11.2. The van der Waals surface area contributed by atoms with Crippen molar-refractivity contribution in [2.45, 2.75) is 25.9 Å². The highest BCUT2D eigenvalue weighted by molar-refractivity contribution is 5.94. The molecule has 2 N–H and O–H groups in total. The maximum Gasteiger partial charge on any atom is 0.251 e. The molecule has 0 fully saturated rings. The Morgan fingerprint density at radius 1 is 1.55 bits per heavy atom. The summed E-state index contributed by atoms with van der Waals surface area (Å²) in [6.07, 6.45) is 5.32. The molecule has 0 aliphatic rings. The van der Waals surface area contributed by atoms with Crippen LogP contribution < -0.4 is 5.32 Å². The second-order valence-corrected chi connectivity index (χ2v) is 4.35. The van der Waals surface area contributed by atoms with Crippen LogP contribution in [0, 0.1) is 0 Å². The monoisotopic (exact) mass is 275 g/mol. The summed E-state index contributed by atoms with van der Waals surface area (Å²) in [6, 6.07) is 3.27. The molecule has 7 heteroatoms. The Labute approximate surface area is 116 Å². The van der Waals surface area contributed by atoms with Crippen molar-refractivity contribution in [2.24, 2.45) is 0 Å². The molecule has 0 aliphatic heterocycles. The van der Waals surface area contributed by atoms with Gasteiger partial charge in [-0.2, -0.15) is 5.10 Å². The first-order valence-electron chi connectivity index (χ1n) is 6.48. The molecule has 2 rings (SSSR count). The summed E-state index contributed by atoms with van der Waals surface area (Å²) in [5, 5.41) is 16.2. The smallest absolute Gasteiger partial charge is 0.251 e. The Morgan fingerprint density at radius 2 is 2.40 bits per heavy atom. The number of carbonyl (C=O) groups is 1. The molecular weight excluding hydrogens is 258 g/mol. The summed E-state index contributed by atoms with van der Waals surface area (Å²) in [7, 11) is 0. The lowest BCUT2D eigenvalue weighted by Gasteiger charge is -2.09. The number of aliphatic hydroxyl groups is 1.